The van der Waals surface area contributed by atoms with Crippen molar-refractivity contribution in [3.05, 3.63) is 5.82 Å². The third-order valence-corrected chi connectivity index (χ3v) is 1.33. The molecule has 0 N–H and O–H groups in total. The van der Waals surface area contributed by atoms with E-state index in [1.807, 2.05) is 5.21 Å². The second kappa shape index (κ2) is 3.25. The highest BCUT2D eigenvalue weighted by Crippen LogP contribution is 2.41. The molecule has 1 aromatic rings. The lowest BCUT2D eigenvalue weighted by molar-refractivity contribution is -0.332. The number of halogens is 8. The van der Waals surface area contributed by atoms with Gasteiger partial charge in [0.15, 0.2) is 0 Å². The molecule has 0 spiro atoms. The maximum Gasteiger partial charge on any atom is 0.477 e. The molecule has 0 saturated carbocycles. The van der Waals surface area contributed by atoms with Crippen molar-refractivity contribution in [2.75, 3.05) is 0 Å². The van der Waals surface area contributed by atoms with Crippen molar-refractivity contribution in [2.24, 2.45) is 0 Å². The Morgan fingerprint density at radius 1 is 0.875 bits per heavy atom. The van der Waals surface area contributed by atoms with Gasteiger partial charge in [-0.25, -0.2) is 0 Å². The molecular weight excluding hydrogens is 256 g/mol. The molecule has 4 nitrogen and oxygen atoms in total. The van der Waals surface area contributed by atoms with E-state index in [0.717, 1.165) is 0 Å². The number of hydrogen-bond donors (Lipinski definition) is 0. The second-order valence-corrected chi connectivity index (χ2v) is 2.45. The van der Waals surface area contributed by atoms with Crippen LogP contribution in [0.2, 0.25) is 0 Å². The molecule has 1 heterocycles. The van der Waals surface area contributed by atoms with Crippen LogP contribution in [-0.4, -0.2) is 26.4 Å². The monoisotopic (exact) mass is 256 g/mol. The van der Waals surface area contributed by atoms with Crippen LogP contribution in [0.1, 0.15) is 5.82 Å². The van der Waals surface area contributed by atoms with Gasteiger partial charge in [-0.3, -0.25) is 0 Å². The van der Waals surface area contributed by atoms with E-state index in [4.69, 9.17) is 0 Å². The lowest BCUT2D eigenvalue weighted by atomic mass is 10.5. The van der Waals surface area contributed by atoms with Crippen LogP contribution in [0, 0.1) is 0 Å². The van der Waals surface area contributed by atoms with E-state index < -0.39 is 28.9 Å². The van der Waals surface area contributed by atoms with Gasteiger partial charge in [-0.1, -0.05) is 0 Å². The third kappa shape index (κ3) is 1.90. The molecule has 0 aromatic carbocycles. The smallest absolute Gasteiger partial charge is 0.170 e. The number of aromatic nitrogens is 4. The van der Waals surface area contributed by atoms with Crippen LogP contribution >= 0.6 is 0 Å². The highest BCUT2D eigenvalue weighted by molar-refractivity contribution is 4.91. The van der Waals surface area contributed by atoms with Crippen molar-refractivity contribution in [1.82, 2.24) is 20.2 Å². The number of tetrazole rings is 1. The van der Waals surface area contributed by atoms with Gasteiger partial charge in [0.1, 0.15) is 0 Å². The zero-order chi connectivity index (χ0) is 12.8. The molecule has 0 saturated heterocycles. The minimum atomic E-state index is -6.23. The highest BCUT2D eigenvalue weighted by atomic mass is 19.4. The fourth-order valence-corrected chi connectivity index (χ4v) is 0.673. The van der Waals surface area contributed by atoms with Gasteiger partial charge in [-0.15, -0.1) is 9.78 Å². The Morgan fingerprint density at radius 3 is 1.75 bits per heavy atom. The van der Waals surface area contributed by atoms with Gasteiger partial charge in [0.05, 0.1) is 0 Å². The summed E-state index contributed by atoms with van der Waals surface area (Å²) < 4.78 is 94.3. The first kappa shape index (κ1) is 12.6. The van der Waals surface area contributed by atoms with Crippen molar-refractivity contribution < 1.29 is 35.1 Å². The van der Waals surface area contributed by atoms with Gasteiger partial charge in [0.25, 0.3) is 5.82 Å². The van der Waals surface area contributed by atoms with Gasteiger partial charge < -0.3 is 0 Å². The zero-order valence-corrected chi connectivity index (χ0v) is 6.81. The van der Waals surface area contributed by atoms with Gasteiger partial charge in [-0.05, 0) is 10.4 Å². The molecule has 16 heavy (non-hydrogen) atoms. The number of hydrogen-bond acceptors (Lipinski definition) is 3. The summed E-state index contributed by atoms with van der Waals surface area (Å²) in [5.74, 6) is -2.53. The highest BCUT2D eigenvalue weighted by Gasteiger charge is 2.63. The van der Waals surface area contributed by atoms with Crippen molar-refractivity contribution in [3.8, 4) is 0 Å². The van der Waals surface area contributed by atoms with Crippen molar-refractivity contribution in [2.45, 2.75) is 18.4 Å². The van der Waals surface area contributed by atoms with Gasteiger partial charge >= 0.3 is 18.4 Å². The molecule has 0 bridgehead atoms. The predicted molar refractivity (Wildman–Crippen MR) is 29.1 cm³/mol. The van der Waals surface area contributed by atoms with E-state index >= 15 is 0 Å². The summed E-state index contributed by atoms with van der Waals surface area (Å²) >= 11 is 0. The van der Waals surface area contributed by atoms with Crippen LogP contribution in [0.25, 0.3) is 0 Å². The molecule has 0 radical (unpaired) electrons. The minimum absolute atomic E-state index is 1.62. The zero-order valence-electron chi connectivity index (χ0n) is 6.81. The van der Waals surface area contributed by atoms with Crippen LogP contribution in [0.15, 0.2) is 0 Å². The Hall–Kier alpha value is -1.49. The fraction of sp³-hybridized carbons (Fsp3) is 0.750. The first-order chi connectivity index (χ1) is 6.98. The Bertz CT molecular complexity index is 374. The van der Waals surface area contributed by atoms with E-state index in [2.05, 4.69) is 10.3 Å². The molecule has 0 amide bonds. The lowest BCUT2D eigenvalue weighted by Crippen LogP contribution is -2.42. The van der Waals surface area contributed by atoms with Crippen LogP contribution in [0.4, 0.5) is 35.1 Å². The lowest BCUT2D eigenvalue weighted by Gasteiger charge is -2.20. The Morgan fingerprint density at radius 2 is 1.38 bits per heavy atom. The third-order valence-electron chi connectivity index (χ3n) is 1.33. The first-order valence-electron chi connectivity index (χ1n) is 3.28. The Labute approximate surface area is 80.8 Å². The Balaban J connectivity index is 3.31. The maximum absolute atomic E-state index is 12.5. The summed E-state index contributed by atoms with van der Waals surface area (Å²) in [6.45, 7) is 0. The largest absolute Gasteiger partial charge is 0.477 e. The average molecular weight is 256 g/mol. The molecule has 0 aliphatic carbocycles. The molecule has 0 unspecified atom stereocenters. The maximum atomic E-state index is 12.5. The molecule has 0 aliphatic heterocycles. The molecule has 0 aliphatic rings. The molecule has 1 aromatic heterocycles. The summed E-state index contributed by atoms with van der Waals surface area (Å²) in [5.41, 5.74) is 0. The normalized spacial score (nSPS) is 14.2. The standard InChI is InChI=1S/C4F8N4/c5-2(6,7)1-13-14-15-16(1)4(11,12)3(8,9)10. The van der Waals surface area contributed by atoms with E-state index in [9.17, 15) is 35.1 Å². The average Bonchev–Trinajstić information content (AvgIpc) is 2.47. The summed E-state index contributed by atoms with van der Waals surface area (Å²) in [7, 11) is 0. The van der Waals surface area contributed by atoms with E-state index in [1.165, 1.54) is 0 Å². The van der Waals surface area contributed by atoms with E-state index in [1.54, 1.807) is 0 Å². The van der Waals surface area contributed by atoms with Crippen molar-refractivity contribution in [1.29, 1.82) is 0 Å². The summed E-state index contributed by atoms with van der Waals surface area (Å²) in [4.78, 5) is 0. The number of alkyl halides is 8. The van der Waals surface area contributed by atoms with E-state index in [0.29, 0.717) is 0 Å². The molecule has 0 atom stereocenters. The quantitative estimate of drug-likeness (QED) is 0.719. The van der Waals surface area contributed by atoms with Crippen molar-refractivity contribution >= 4 is 0 Å². The fourth-order valence-electron chi connectivity index (χ4n) is 0.673. The SMILES string of the molecule is FC(F)(F)c1nnnn1C(F)(F)C(F)(F)F. The van der Waals surface area contributed by atoms with Gasteiger partial charge in [-0.2, -0.15) is 35.1 Å². The van der Waals surface area contributed by atoms with E-state index in [-0.39, 0.29) is 0 Å². The molecular formula is C4F8N4. The van der Waals surface area contributed by atoms with Crippen LogP contribution in [0.3, 0.4) is 0 Å². The molecule has 12 heteroatoms. The van der Waals surface area contributed by atoms with Crippen molar-refractivity contribution in [3.63, 3.8) is 0 Å². The topological polar surface area (TPSA) is 43.6 Å². The van der Waals surface area contributed by atoms with Gasteiger partial charge in [0.2, 0.25) is 0 Å². The van der Waals surface area contributed by atoms with Crippen LogP contribution in [-0.2, 0) is 12.2 Å². The predicted octanol–water partition coefficient (Wildman–Crippen LogP) is 1.80. The summed E-state index contributed by atoms with van der Waals surface area (Å²) in [6, 6.07) is -5.83. The number of rotatable bonds is 1. The summed E-state index contributed by atoms with van der Waals surface area (Å²) in [6.07, 6.45) is -11.7. The second-order valence-electron chi connectivity index (χ2n) is 2.45. The molecule has 0 fully saturated rings. The summed E-state index contributed by atoms with van der Waals surface area (Å²) in [5, 5.41) is 6.18. The van der Waals surface area contributed by atoms with Crippen LogP contribution in [0.5, 0.6) is 0 Å². The Kier molecular flexibility index (Phi) is 2.55. The van der Waals surface area contributed by atoms with Crippen LogP contribution < -0.4 is 0 Å². The van der Waals surface area contributed by atoms with Gasteiger partial charge in [0, 0.05) is 0 Å². The first-order valence-corrected chi connectivity index (χ1v) is 3.28. The molecule has 1 rings (SSSR count). The minimum Gasteiger partial charge on any atom is -0.170 e. The molecule has 92 valence electrons. The number of nitrogens with zero attached hydrogens (tertiary/aromatic N) is 4.